The van der Waals surface area contributed by atoms with Gasteiger partial charge >= 0.3 is 5.97 Å². The van der Waals surface area contributed by atoms with E-state index in [2.05, 4.69) is 10.6 Å². The topological polar surface area (TPSA) is 81.7 Å². The van der Waals surface area contributed by atoms with E-state index in [9.17, 15) is 9.59 Å². The zero-order chi connectivity index (χ0) is 11.3. The summed E-state index contributed by atoms with van der Waals surface area (Å²) in [6.07, 6.45) is 0. The molecule has 0 aliphatic carbocycles. The highest BCUT2D eigenvalue weighted by atomic mass is 16.4. The summed E-state index contributed by atoms with van der Waals surface area (Å²) in [5, 5.41) is 14.2. The Morgan fingerprint density at radius 3 is 2.60 bits per heavy atom. The third-order valence-corrected chi connectivity index (χ3v) is 2.32. The molecule has 0 aromatic rings. The lowest BCUT2D eigenvalue weighted by Gasteiger charge is -2.26. The van der Waals surface area contributed by atoms with Gasteiger partial charge in [-0.25, -0.2) is 0 Å². The molecule has 15 heavy (non-hydrogen) atoms. The van der Waals surface area contributed by atoms with Crippen LogP contribution in [0, 0.1) is 0 Å². The fraction of sp³-hybridized carbons (Fsp3) is 0.778. The summed E-state index contributed by atoms with van der Waals surface area (Å²) in [5.41, 5.74) is 0. The first-order valence-electron chi connectivity index (χ1n) is 5.05. The van der Waals surface area contributed by atoms with Gasteiger partial charge in [0.2, 0.25) is 5.91 Å². The van der Waals surface area contributed by atoms with Crippen LogP contribution in [0.15, 0.2) is 0 Å². The van der Waals surface area contributed by atoms with E-state index in [1.807, 2.05) is 4.90 Å². The van der Waals surface area contributed by atoms with Crippen molar-refractivity contribution in [3.8, 4) is 0 Å². The molecule has 6 nitrogen and oxygen atoms in total. The summed E-state index contributed by atoms with van der Waals surface area (Å²) in [6.45, 7) is 5.14. The Kier molecular flexibility index (Phi) is 4.51. The van der Waals surface area contributed by atoms with Crippen molar-refractivity contribution in [2.24, 2.45) is 0 Å². The highest BCUT2D eigenvalue weighted by molar-refractivity contribution is 5.84. The monoisotopic (exact) mass is 215 g/mol. The molecule has 1 atom stereocenters. The van der Waals surface area contributed by atoms with Crippen LogP contribution in [0.1, 0.15) is 6.92 Å². The van der Waals surface area contributed by atoms with Crippen LogP contribution in [0.25, 0.3) is 0 Å². The number of nitrogens with zero attached hydrogens (tertiary/aromatic N) is 1. The van der Waals surface area contributed by atoms with Crippen molar-refractivity contribution in [1.29, 1.82) is 0 Å². The van der Waals surface area contributed by atoms with Gasteiger partial charge in [-0.2, -0.15) is 0 Å². The normalized spacial score (nSPS) is 19.5. The number of hydrogen-bond acceptors (Lipinski definition) is 4. The molecule has 1 amide bonds. The lowest BCUT2D eigenvalue weighted by molar-refractivity contribution is -0.141. The van der Waals surface area contributed by atoms with E-state index in [0.29, 0.717) is 0 Å². The molecule has 1 rings (SSSR count). The van der Waals surface area contributed by atoms with Crippen molar-refractivity contribution >= 4 is 11.9 Å². The van der Waals surface area contributed by atoms with Crippen molar-refractivity contribution in [3.63, 3.8) is 0 Å². The summed E-state index contributed by atoms with van der Waals surface area (Å²) in [6, 6.07) is -0.819. The number of hydrogen-bond donors (Lipinski definition) is 3. The average molecular weight is 215 g/mol. The van der Waals surface area contributed by atoms with Crippen LogP contribution in [0.3, 0.4) is 0 Å². The highest BCUT2D eigenvalue weighted by Crippen LogP contribution is 1.91. The number of nitrogens with one attached hydrogen (secondary N) is 2. The molecule has 1 saturated heterocycles. The molecule has 6 heteroatoms. The number of carbonyl (C=O) groups excluding carboxylic acids is 1. The van der Waals surface area contributed by atoms with E-state index in [-0.39, 0.29) is 12.5 Å². The predicted octanol–water partition coefficient (Wildman–Crippen LogP) is -1.52. The van der Waals surface area contributed by atoms with Gasteiger partial charge in [0.1, 0.15) is 6.04 Å². The molecule has 1 fully saturated rings. The number of amides is 1. The van der Waals surface area contributed by atoms with E-state index in [1.54, 1.807) is 0 Å². The number of piperazine rings is 1. The van der Waals surface area contributed by atoms with Gasteiger partial charge in [-0.15, -0.1) is 0 Å². The maximum absolute atomic E-state index is 11.4. The second-order valence-corrected chi connectivity index (χ2v) is 3.65. The fourth-order valence-electron chi connectivity index (χ4n) is 1.42. The van der Waals surface area contributed by atoms with Crippen molar-refractivity contribution < 1.29 is 14.7 Å². The van der Waals surface area contributed by atoms with Gasteiger partial charge in [0, 0.05) is 26.2 Å². The van der Waals surface area contributed by atoms with Gasteiger partial charge in [-0.1, -0.05) is 0 Å². The molecule has 0 aromatic carbocycles. The maximum atomic E-state index is 11.4. The van der Waals surface area contributed by atoms with Crippen molar-refractivity contribution in [2.45, 2.75) is 13.0 Å². The fourth-order valence-corrected chi connectivity index (χ4v) is 1.42. The number of carboxylic acids is 1. The minimum Gasteiger partial charge on any atom is -0.480 e. The van der Waals surface area contributed by atoms with E-state index >= 15 is 0 Å². The molecule has 86 valence electrons. The standard InChI is InChI=1S/C9H17N3O3/c1-7(9(14)15)11-8(13)6-12-4-2-10-3-5-12/h7,10H,2-6H2,1H3,(H,11,13)(H,14,15)/t7-/m1/s1. The first kappa shape index (κ1) is 11.9. The van der Waals surface area contributed by atoms with Crippen LogP contribution in [0.5, 0.6) is 0 Å². The SMILES string of the molecule is C[C@@H](NC(=O)CN1CCNCC1)C(=O)O. The van der Waals surface area contributed by atoms with Crippen LogP contribution < -0.4 is 10.6 Å². The lowest BCUT2D eigenvalue weighted by Crippen LogP contribution is -2.49. The number of carboxylic acid groups (broad SMARTS) is 1. The van der Waals surface area contributed by atoms with Gasteiger partial charge in [0.05, 0.1) is 6.54 Å². The largest absolute Gasteiger partial charge is 0.480 e. The highest BCUT2D eigenvalue weighted by Gasteiger charge is 2.17. The number of aliphatic carboxylic acids is 1. The van der Waals surface area contributed by atoms with Crippen LogP contribution in [0.2, 0.25) is 0 Å². The summed E-state index contributed by atoms with van der Waals surface area (Å²) in [5.74, 6) is -1.24. The van der Waals surface area contributed by atoms with Crippen LogP contribution in [-0.4, -0.2) is 60.6 Å². The van der Waals surface area contributed by atoms with E-state index in [0.717, 1.165) is 26.2 Å². The summed E-state index contributed by atoms with van der Waals surface area (Å²) in [7, 11) is 0. The third-order valence-electron chi connectivity index (χ3n) is 2.32. The Morgan fingerprint density at radius 1 is 1.47 bits per heavy atom. The Balaban J connectivity index is 2.25. The molecule has 0 aromatic heterocycles. The number of carbonyl (C=O) groups is 2. The minimum absolute atomic E-state index is 0.230. The maximum Gasteiger partial charge on any atom is 0.325 e. The van der Waals surface area contributed by atoms with Crippen LogP contribution in [-0.2, 0) is 9.59 Å². The first-order chi connectivity index (χ1) is 7.09. The minimum atomic E-state index is -1.01. The molecule has 0 saturated carbocycles. The van der Waals surface area contributed by atoms with Crippen LogP contribution in [0.4, 0.5) is 0 Å². The molecular formula is C9H17N3O3. The zero-order valence-electron chi connectivity index (χ0n) is 8.82. The smallest absolute Gasteiger partial charge is 0.325 e. The Labute approximate surface area is 88.6 Å². The molecule has 0 spiro atoms. The number of rotatable bonds is 4. The molecule has 1 aliphatic rings. The molecule has 0 bridgehead atoms. The van der Waals surface area contributed by atoms with E-state index in [1.165, 1.54) is 6.92 Å². The van der Waals surface area contributed by atoms with E-state index < -0.39 is 12.0 Å². The van der Waals surface area contributed by atoms with Crippen molar-refractivity contribution in [2.75, 3.05) is 32.7 Å². The summed E-state index contributed by atoms with van der Waals surface area (Å²) >= 11 is 0. The van der Waals surface area contributed by atoms with E-state index in [4.69, 9.17) is 5.11 Å². The third kappa shape index (κ3) is 4.26. The van der Waals surface area contributed by atoms with Gasteiger partial charge < -0.3 is 15.7 Å². The Morgan fingerprint density at radius 2 is 2.07 bits per heavy atom. The Bertz CT molecular complexity index is 239. The Hall–Kier alpha value is -1.14. The molecule has 3 N–H and O–H groups in total. The molecule has 1 aliphatic heterocycles. The first-order valence-corrected chi connectivity index (χ1v) is 5.05. The zero-order valence-corrected chi connectivity index (χ0v) is 8.82. The van der Waals surface area contributed by atoms with Crippen molar-refractivity contribution in [1.82, 2.24) is 15.5 Å². The quantitative estimate of drug-likeness (QED) is 0.530. The lowest BCUT2D eigenvalue weighted by atomic mass is 10.3. The summed E-state index contributed by atoms with van der Waals surface area (Å²) < 4.78 is 0. The van der Waals surface area contributed by atoms with Gasteiger partial charge in [0.25, 0.3) is 0 Å². The molecule has 1 heterocycles. The average Bonchev–Trinajstić information content (AvgIpc) is 2.18. The van der Waals surface area contributed by atoms with Crippen LogP contribution >= 0.6 is 0 Å². The van der Waals surface area contributed by atoms with Gasteiger partial charge in [-0.3, -0.25) is 14.5 Å². The van der Waals surface area contributed by atoms with Gasteiger partial charge in [-0.05, 0) is 6.92 Å². The summed E-state index contributed by atoms with van der Waals surface area (Å²) in [4.78, 5) is 23.9. The van der Waals surface area contributed by atoms with Crippen molar-refractivity contribution in [3.05, 3.63) is 0 Å². The predicted molar refractivity (Wildman–Crippen MR) is 54.6 cm³/mol. The second-order valence-electron chi connectivity index (χ2n) is 3.65. The molecular weight excluding hydrogens is 198 g/mol. The molecule has 0 unspecified atom stereocenters. The molecule has 0 radical (unpaired) electrons. The second kappa shape index (κ2) is 5.67. The van der Waals surface area contributed by atoms with Gasteiger partial charge in [0.15, 0.2) is 0 Å².